The third-order valence-electron chi connectivity index (χ3n) is 2.54. The normalized spacial score (nSPS) is 12.7. The summed E-state index contributed by atoms with van der Waals surface area (Å²) in [7, 11) is 0. The van der Waals surface area contributed by atoms with E-state index in [4.69, 9.17) is 10.3 Å². The Bertz CT molecular complexity index is 544. The largest absolute Gasteiger partial charge is 0.334 e. The number of aromatic nitrogens is 2. The highest BCUT2D eigenvalue weighted by atomic mass is 79.9. The summed E-state index contributed by atoms with van der Waals surface area (Å²) in [6.07, 6.45) is 1.75. The van der Waals surface area contributed by atoms with Gasteiger partial charge in [0.1, 0.15) is 5.82 Å². The Hall–Kier alpha value is -1.27. The van der Waals surface area contributed by atoms with E-state index in [2.05, 4.69) is 26.1 Å². The van der Waals surface area contributed by atoms with E-state index < -0.39 is 0 Å². The van der Waals surface area contributed by atoms with E-state index in [9.17, 15) is 4.39 Å². The maximum atomic E-state index is 13.1. The molecule has 1 aromatic heterocycles. The Morgan fingerprint density at radius 1 is 1.50 bits per heavy atom. The molecule has 0 fully saturated rings. The Morgan fingerprint density at radius 2 is 2.28 bits per heavy atom. The number of hydrogen-bond donors (Lipinski definition) is 1. The van der Waals surface area contributed by atoms with Crippen LogP contribution in [0.4, 0.5) is 4.39 Å². The summed E-state index contributed by atoms with van der Waals surface area (Å²) in [5, 5.41) is 3.84. The topological polar surface area (TPSA) is 64.9 Å². The quantitative estimate of drug-likeness (QED) is 0.939. The Morgan fingerprint density at radius 3 is 2.94 bits per heavy atom. The predicted molar refractivity (Wildman–Crippen MR) is 69.2 cm³/mol. The lowest BCUT2D eigenvalue weighted by Crippen LogP contribution is -2.11. The average Bonchev–Trinajstić information content (AvgIpc) is 2.82. The van der Waals surface area contributed by atoms with E-state index in [1.54, 1.807) is 12.1 Å². The van der Waals surface area contributed by atoms with Crippen molar-refractivity contribution in [3.8, 4) is 11.5 Å². The molecule has 1 aromatic carbocycles. The third kappa shape index (κ3) is 2.76. The molecule has 0 saturated carbocycles. The Balaban J connectivity index is 2.26. The molecule has 0 aliphatic carbocycles. The standard InChI is InChI=1S/C12H13BrFN3O/c1-2-3-10(15)11-16-12(18-17-11)7-4-5-9(14)8(13)6-7/h4-6,10H,2-3,15H2,1H3. The van der Waals surface area contributed by atoms with Gasteiger partial charge in [0, 0.05) is 5.56 Å². The molecule has 2 rings (SSSR count). The van der Waals surface area contributed by atoms with Crippen LogP contribution in [0.2, 0.25) is 0 Å². The van der Waals surface area contributed by atoms with E-state index in [1.165, 1.54) is 6.07 Å². The van der Waals surface area contributed by atoms with Gasteiger partial charge >= 0.3 is 0 Å². The lowest BCUT2D eigenvalue weighted by molar-refractivity contribution is 0.413. The van der Waals surface area contributed by atoms with Crippen LogP contribution in [0.5, 0.6) is 0 Å². The fraction of sp³-hybridized carbons (Fsp3) is 0.333. The first-order chi connectivity index (χ1) is 8.61. The van der Waals surface area contributed by atoms with Crippen LogP contribution in [0, 0.1) is 5.82 Å². The zero-order valence-corrected chi connectivity index (χ0v) is 11.4. The van der Waals surface area contributed by atoms with Crippen molar-refractivity contribution in [3.63, 3.8) is 0 Å². The van der Waals surface area contributed by atoms with Crippen LogP contribution in [-0.2, 0) is 0 Å². The number of nitrogens with zero attached hydrogens (tertiary/aromatic N) is 2. The summed E-state index contributed by atoms with van der Waals surface area (Å²) < 4.78 is 18.6. The van der Waals surface area contributed by atoms with Crippen molar-refractivity contribution in [2.45, 2.75) is 25.8 Å². The second-order valence-corrected chi connectivity index (χ2v) is 4.84. The number of rotatable bonds is 4. The summed E-state index contributed by atoms with van der Waals surface area (Å²) in [6, 6.07) is 4.30. The van der Waals surface area contributed by atoms with Gasteiger partial charge in [0.2, 0.25) is 0 Å². The van der Waals surface area contributed by atoms with Gasteiger partial charge in [0.25, 0.3) is 5.89 Å². The van der Waals surface area contributed by atoms with Crippen molar-refractivity contribution >= 4 is 15.9 Å². The van der Waals surface area contributed by atoms with Crippen molar-refractivity contribution in [1.29, 1.82) is 0 Å². The van der Waals surface area contributed by atoms with Gasteiger partial charge in [-0.15, -0.1) is 0 Å². The van der Waals surface area contributed by atoms with Crippen LogP contribution in [0.3, 0.4) is 0 Å². The molecular weight excluding hydrogens is 301 g/mol. The van der Waals surface area contributed by atoms with E-state index >= 15 is 0 Å². The maximum Gasteiger partial charge on any atom is 0.258 e. The molecule has 2 N–H and O–H groups in total. The van der Waals surface area contributed by atoms with Crippen LogP contribution in [0.15, 0.2) is 27.2 Å². The monoisotopic (exact) mass is 313 g/mol. The van der Waals surface area contributed by atoms with Crippen molar-refractivity contribution in [2.75, 3.05) is 0 Å². The highest BCUT2D eigenvalue weighted by molar-refractivity contribution is 9.10. The summed E-state index contributed by atoms with van der Waals surface area (Å²) in [5.41, 5.74) is 6.55. The molecule has 4 nitrogen and oxygen atoms in total. The zero-order valence-electron chi connectivity index (χ0n) is 9.86. The summed E-state index contributed by atoms with van der Waals surface area (Å²) in [6.45, 7) is 2.04. The summed E-state index contributed by atoms with van der Waals surface area (Å²) >= 11 is 3.11. The predicted octanol–water partition coefficient (Wildman–Crippen LogP) is 3.44. The molecule has 0 aliphatic heterocycles. The molecule has 96 valence electrons. The third-order valence-corrected chi connectivity index (χ3v) is 3.15. The van der Waals surface area contributed by atoms with Gasteiger partial charge in [-0.1, -0.05) is 18.5 Å². The van der Waals surface area contributed by atoms with E-state index in [1.807, 2.05) is 6.92 Å². The van der Waals surface area contributed by atoms with Crippen molar-refractivity contribution < 1.29 is 8.91 Å². The molecule has 1 heterocycles. The van der Waals surface area contributed by atoms with Gasteiger partial charge in [-0.3, -0.25) is 0 Å². The maximum absolute atomic E-state index is 13.1. The lowest BCUT2D eigenvalue weighted by Gasteiger charge is -2.02. The van der Waals surface area contributed by atoms with E-state index in [0.717, 1.165) is 12.8 Å². The molecule has 6 heteroatoms. The highest BCUT2D eigenvalue weighted by Gasteiger charge is 2.15. The zero-order chi connectivity index (χ0) is 13.1. The highest BCUT2D eigenvalue weighted by Crippen LogP contribution is 2.25. The van der Waals surface area contributed by atoms with Gasteiger partial charge in [0.15, 0.2) is 5.82 Å². The van der Waals surface area contributed by atoms with Crippen molar-refractivity contribution in [3.05, 3.63) is 34.3 Å². The molecule has 1 unspecified atom stereocenters. The second-order valence-electron chi connectivity index (χ2n) is 3.98. The van der Waals surface area contributed by atoms with Crippen LogP contribution in [-0.4, -0.2) is 10.1 Å². The number of benzene rings is 1. The van der Waals surface area contributed by atoms with E-state index in [-0.39, 0.29) is 11.9 Å². The minimum absolute atomic E-state index is 0.226. The van der Waals surface area contributed by atoms with Crippen molar-refractivity contribution in [1.82, 2.24) is 10.1 Å². The smallest absolute Gasteiger partial charge is 0.258 e. The minimum Gasteiger partial charge on any atom is -0.334 e. The van der Waals surface area contributed by atoms with Crippen LogP contribution < -0.4 is 5.73 Å². The molecule has 0 bridgehead atoms. The molecule has 18 heavy (non-hydrogen) atoms. The Kier molecular flexibility index (Phi) is 4.08. The van der Waals surface area contributed by atoms with Crippen LogP contribution >= 0.6 is 15.9 Å². The average molecular weight is 314 g/mol. The molecule has 1 atom stereocenters. The summed E-state index contributed by atoms with van der Waals surface area (Å²) in [5.74, 6) is 0.491. The Labute approximate surface area is 113 Å². The molecule has 0 spiro atoms. The first-order valence-corrected chi connectivity index (χ1v) is 6.45. The fourth-order valence-corrected chi connectivity index (χ4v) is 1.95. The van der Waals surface area contributed by atoms with Crippen molar-refractivity contribution in [2.24, 2.45) is 5.73 Å². The first kappa shape index (κ1) is 13.2. The summed E-state index contributed by atoms with van der Waals surface area (Å²) in [4.78, 5) is 4.22. The number of nitrogens with two attached hydrogens (primary N) is 1. The molecule has 2 aromatic rings. The van der Waals surface area contributed by atoms with Crippen LogP contribution in [0.1, 0.15) is 31.6 Å². The molecule has 0 radical (unpaired) electrons. The molecule has 0 amide bonds. The molecule has 0 aliphatic rings. The minimum atomic E-state index is -0.332. The van der Waals surface area contributed by atoms with E-state index in [0.29, 0.717) is 21.8 Å². The SMILES string of the molecule is CCCC(N)c1noc(-c2ccc(F)c(Br)c2)n1. The lowest BCUT2D eigenvalue weighted by atomic mass is 10.2. The second kappa shape index (κ2) is 5.58. The molecule has 0 saturated heterocycles. The van der Waals surface area contributed by atoms with Crippen LogP contribution in [0.25, 0.3) is 11.5 Å². The molecular formula is C12H13BrFN3O. The number of hydrogen-bond acceptors (Lipinski definition) is 4. The van der Waals surface area contributed by atoms with Gasteiger partial charge < -0.3 is 10.3 Å². The number of halogens is 2. The van der Waals surface area contributed by atoms with Gasteiger partial charge in [-0.05, 0) is 40.5 Å². The van der Waals surface area contributed by atoms with Gasteiger partial charge in [-0.2, -0.15) is 4.98 Å². The first-order valence-electron chi connectivity index (χ1n) is 5.66. The fourth-order valence-electron chi connectivity index (χ4n) is 1.57. The van der Waals surface area contributed by atoms with Gasteiger partial charge in [0.05, 0.1) is 10.5 Å². The van der Waals surface area contributed by atoms with Gasteiger partial charge in [-0.25, -0.2) is 4.39 Å².